The van der Waals surface area contributed by atoms with E-state index in [-0.39, 0.29) is 18.4 Å². The highest BCUT2D eigenvalue weighted by Crippen LogP contribution is 2.22. The average Bonchev–Trinajstić information content (AvgIpc) is 2.36. The van der Waals surface area contributed by atoms with Crippen molar-refractivity contribution in [2.24, 2.45) is 0 Å². The third-order valence-electron chi connectivity index (χ3n) is 2.76. The standard InChI is InChI=1S/C13H20N4O2/c1-15-12(18)8-17(4)13(19)9-5-6-11(16(2)3)10(14)7-9/h5-7H,8,14H2,1-4H3,(H,15,18). The van der Waals surface area contributed by atoms with E-state index < -0.39 is 0 Å². The number of nitrogens with zero attached hydrogens (tertiary/aromatic N) is 2. The van der Waals surface area contributed by atoms with Crippen molar-refractivity contribution >= 4 is 23.2 Å². The summed E-state index contributed by atoms with van der Waals surface area (Å²) < 4.78 is 0. The van der Waals surface area contributed by atoms with Gasteiger partial charge in [-0.2, -0.15) is 0 Å². The molecule has 0 aromatic heterocycles. The Kier molecular flexibility index (Phi) is 4.74. The summed E-state index contributed by atoms with van der Waals surface area (Å²) in [5, 5.41) is 2.47. The van der Waals surface area contributed by atoms with Crippen LogP contribution in [0.15, 0.2) is 18.2 Å². The average molecular weight is 264 g/mol. The number of amides is 2. The molecule has 2 amide bonds. The number of nitrogens with one attached hydrogen (secondary N) is 1. The van der Waals surface area contributed by atoms with Crippen molar-refractivity contribution in [2.45, 2.75) is 0 Å². The van der Waals surface area contributed by atoms with E-state index >= 15 is 0 Å². The van der Waals surface area contributed by atoms with Crippen LogP contribution in [0.2, 0.25) is 0 Å². The van der Waals surface area contributed by atoms with Crippen LogP contribution >= 0.6 is 0 Å². The van der Waals surface area contributed by atoms with Crippen LogP contribution in [-0.2, 0) is 4.79 Å². The van der Waals surface area contributed by atoms with E-state index in [1.54, 1.807) is 25.2 Å². The van der Waals surface area contributed by atoms with Gasteiger partial charge in [0.1, 0.15) is 0 Å². The van der Waals surface area contributed by atoms with E-state index in [4.69, 9.17) is 5.73 Å². The van der Waals surface area contributed by atoms with Gasteiger partial charge in [0.2, 0.25) is 5.91 Å². The minimum atomic E-state index is -0.236. The molecule has 0 heterocycles. The van der Waals surface area contributed by atoms with Crippen LogP contribution in [0.5, 0.6) is 0 Å². The number of hydrogen-bond acceptors (Lipinski definition) is 4. The van der Waals surface area contributed by atoms with Gasteiger partial charge in [0.05, 0.1) is 17.9 Å². The smallest absolute Gasteiger partial charge is 0.254 e. The van der Waals surface area contributed by atoms with Crippen molar-refractivity contribution in [1.82, 2.24) is 10.2 Å². The van der Waals surface area contributed by atoms with Crippen LogP contribution in [-0.4, -0.2) is 51.4 Å². The van der Waals surface area contributed by atoms with Gasteiger partial charge in [0, 0.05) is 33.8 Å². The van der Waals surface area contributed by atoms with E-state index in [1.807, 2.05) is 19.0 Å². The second-order valence-electron chi connectivity index (χ2n) is 4.50. The second-order valence-corrected chi connectivity index (χ2v) is 4.50. The van der Waals surface area contributed by atoms with Crippen molar-refractivity contribution in [1.29, 1.82) is 0 Å². The molecule has 19 heavy (non-hydrogen) atoms. The van der Waals surface area contributed by atoms with Crippen LogP contribution in [0.25, 0.3) is 0 Å². The Hall–Kier alpha value is -2.24. The number of likely N-dealkylation sites (N-methyl/N-ethyl adjacent to an activating group) is 2. The molecule has 0 spiro atoms. The van der Waals surface area contributed by atoms with Gasteiger partial charge < -0.3 is 20.9 Å². The molecule has 0 saturated heterocycles. The lowest BCUT2D eigenvalue weighted by molar-refractivity contribution is -0.121. The molecule has 3 N–H and O–H groups in total. The molecule has 0 radical (unpaired) electrons. The number of rotatable bonds is 4. The summed E-state index contributed by atoms with van der Waals surface area (Å²) >= 11 is 0. The van der Waals surface area contributed by atoms with Crippen LogP contribution < -0.4 is 16.0 Å². The highest BCUT2D eigenvalue weighted by molar-refractivity contribution is 5.97. The first-order valence-corrected chi connectivity index (χ1v) is 5.89. The quantitative estimate of drug-likeness (QED) is 0.759. The van der Waals surface area contributed by atoms with E-state index in [0.29, 0.717) is 11.3 Å². The van der Waals surface area contributed by atoms with Crippen molar-refractivity contribution in [3.05, 3.63) is 23.8 Å². The van der Waals surface area contributed by atoms with Crippen molar-refractivity contribution in [3.63, 3.8) is 0 Å². The molecule has 0 saturated carbocycles. The molecule has 0 aliphatic rings. The number of hydrogen-bond donors (Lipinski definition) is 2. The lowest BCUT2D eigenvalue weighted by Gasteiger charge is -2.19. The molecule has 6 nitrogen and oxygen atoms in total. The number of benzene rings is 1. The van der Waals surface area contributed by atoms with Crippen LogP contribution in [0, 0.1) is 0 Å². The maximum Gasteiger partial charge on any atom is 0.254 e. The van der Waals surface area contributed by atoms with E-state index in [1.165, 1.54) is 11.9 Å². The summed E-state index contributed by atoms with van der Waals surface area (Å²) in [5.41, 5.74) is 7.75. The lowest BCUT2D eigenvalue weighted by Crippen LogP contribution is -2.36. The molecule has 0 aliphatic heterocycles. The van der Waals surface area contributed by atoms with Gasteiger partial charge in [-0.05, 0) is 18.2 Å². The maximum atomic E-state index is 12.1. The van der Waals surface area contributed by atoms with Gasteiger partial charge >= 0.3 is 0 Å². The molecule has 1 rings (SSSR count). The Morgan fingerprint density at radius 1 is 1.26 bits per heavy atom. The number of nitrogens with two attached hydrogens (primary N) is 1. The molecule has 0 unspecified atom stereocenters. The third-order valence-corrected chi connectivity index (χ3v) is 2.76. The summed E-state index contributed by atoms with van der Waals surface area (Å²) in [7, 11) is 6.87. The monoisotopic (exact) mass is 264 g/mol. The maximum absolute atomic E-state index is 12.1. The Labute approximate surface area is 113 Å². The first kappa shape index (κ1) is 14.8. The Balaban J connectivity index is 2.89. The number of anilines is 2. The molecule has 0 fully saturated rings. The Bertz CT molecular complexity index is 486. The van der Waals surface area contributed by atoms with Gasteiger partial charge in [-0.1, -0.05) is 0 Å². The minimum absolute atomic E-state index is 0.0185. The van der Waals surface area contributed by atoms with Gasteiger partial charge in [-0.3, -0.25) is 9.59 Å². The molecular weight excluding hydrogens is 244 g/mol. The fourth-order valence-electron chi connectivity index (χ4n) is 1.68. The zero-order valence-corrected chi connectivity index (χ0v) is 11.7. The second kappa shape index (κ2) is 6.08. The first-order valence-electron chi connectivity index (χ1n) is 5.89. The van der Waals surface area contributed by atoms with Crippen molar-refractivity contribution < 1.29 is 9.59 Å². The molecule has 6 heteroatoms. The minimum Gasteiger partial charge on any atom is -0.397 e. The highest BCUT2D eigenvalue weighted by Gasteiger charge is 2.15. The SMILES string of the molecule is CNC(=O)CN(C)C(=O)c1ccc(N(C)C)c(N)c1. The normalized spacial score (nSPS) is 9.89. The van der Waals surface area contributed by atoms with Crippen LogP contribution in [0.1, 0.15) is 10.4 Å². The molecule has 104 valence electrons. The van der Waals surface area contributed by atoms with Gasteiger partial charge in [-0.25, -0.2) is 0 Å². The first-order chi connectivity index (χ1) is 8.86. The third kappa shape index (κ3) is 3.61. The predicted octanol–water partition coefficient (Wildman–Crippen LogP) is 0.153. The zero-order chi connectivity index (χ0) is 14.6. The summed E-state index contributed by atoms with van der Waals surface area (Å²) in [6.45, 7) is 0.0185. The summed E-state index contributed by atoms with van der Waals surface area (Å²) in [6, 6.07) is 5.11. The summed E-state index contributed by atoms with van der Waals surface area (Å²) in [5.74, 6) is -0.450. The topological polar surface area (TPSA) is 78.7 Å². The summed E-state index contributed by atoms with van der Waals surface area (Å²) in [6.07, 6.45) is 0. The Morgan fingerprint density at radius 2 is 1.89 bits per heavy atom. The number of nitrogen functional groups attached to an aromatic ring is 1. The van der Waals surface area contributed by atoms with Crippen molar-refractivity contribution in [3.8, 4) is 0 Å². The molecule has 0 aliphatic carbocycles. The fraction of sp³-hybridized carbons (Fsp3) is 0.385. The molecule has 0 atom stereocenters. The lowest BCUT2D eigenvalue weighted by atomic mass is 10.1. The van der Waals surface area contributed by atoms with E-state index in [2.05, 4.69) is 5.32 Å². The van der Waals surface area contributed by atoms with Crippen LogP contribution in [0.4, 0.5) is 11.4 Å². The fourth-order valence-corrected chi connectivity index (χ4v) is 1.68. The van der Waals surface area contributed by atoms with Gasteiger partial charge in [-0.15, -0.1) is 0 Å². The van der Waals surface area contributed by atoms with Gasteiger partial charge in [0.25, 0.3) is 5.91 Å². The van der Waals surface area contributed by atoms with Crippen molar-refractivity contribution in [2.75, 3.05) is 45.4 Å². The molecule has 0 bridgehead atoms. The predicted molar refractivity (Wildman–Crippen MR) is 76.2 cm³/mol. The zero-order valence-electron chi connectivity index (χ0n) is 11.7. The number of carbonyl (C=O) groups excluding carboxylic acids is 2. The summed E-state index contributed by atoms with van der Waals surface area (Å²) in [4.78, 5) is 26.6. The van der Waals surface area contributed by atoms with E-state index in [0.717, 1.165) is 5.69 Å². The molecular formula is C13H20N4O2. The molecule has 1 aromatic carbocycles. The number of carbonyl (C=O) groups is 2. The largest absolute Gasteiger partial charge is 0.397 e. The molecule has 1 aromatic rings. The highest BCUT2D eigenvalue weighted by atomic mass is 16.2. The van der Waals surface area contributed by atoms with E-state index in [9.17, 15) is 9.59 Å². The van der Waals surface area contributed by atoms with Crippen LogP contribution in [0.3, 0.4) is 0 Å². The Morgan fingerprint density at radius 3 is 2.37 bits per heavy atom. The van der Waals surface area contributed by atoms with Gasteiger partial charge in [0.15, 0.2) is 0 Å².